The van der Waals surface area contributed by atoms with Gasteiger partial charge in [0.15, 0.2) is 5.78 Å². The molecular formula is C16H19FO3. The van der Waals surface area contributed by atoms with Crippen molar-refractivity contribution in [2.45, 2.75) is 34.6 Å². The van der Waals surface area contributed by atoms with Gasteiger partial charge in [-0.15, -0.1) is 0 Å². The van der Waals surface area contributed by atoms with Gasteiger partial charge in [0, 0.05) is 5.56 Å². The molecule has 0 unspecified atom stereocenters. The van der Waals surface area contributed by atoms with Crippen LogP contribution in [0.3, 0.4) is 0 Å². The molecule has 1 rings (SSSR count). The molecule has 0 spiro atoms. The fraction of sp³-hybridized carbons (Fsp3) is 0.375. The maximum absolute atomic E-state index is 13.8. The van der Waals surface area contributed by atoms with E-state index in [-0.39, 0.29) is 17.7 Å². The fourth-order valence-corrected chi connectivity index (χ4v) is 1.94. The second-order valence-electron chi connectivity index (χ2n) is 4.53. The van der Waals surface area contributed by atoms with Crippen molar-refractivity contribution in [3.05, 3.63) is 45.8 Å². The Morgan fingerprint density at radius 1 is 1.20 bits per heavy atom. The van der Waals surface area contributed by atoms with Crippen molar-refractivity contribution in [3.63, 3.8) is 0 Å². The lowest BCUT2D eigenvalue weighted by Crippen LogP contribution is -2.17. The van der Waals surface area contributed by atoms with Crippen molar-refractivity contribution in [2.24, 2.45) is 0 Å². The summed E-state index contributed by atoms with van der Waals surface area (Å²) >= 11 is 0. The van der Waals surface area contributed by atoms with Gasteiger partial charge in [-0.25, -0.2) is 9.18 Å². The minimum atomic E-state index is -0.682. The third-order valence-corrected chi connectivity index (χ3v) is 3.43. The van der Waals surface area contributed by atoms with E-state index >= 15 is 0 Å². The maximum atomic E-state index is 13.8. The Balaban J connectivity index is 3.31. The van der Waals surface area contributed by atoms with E-state index < -0.39 is 17.6 Å². The summed E-state index contributed by atoms with van der Waals surface area (Å²) < 4.78 is 18.6. The number of rotatable bonds is 4. The zero-order chi connectivity index (χ0) is 15.4. The molecule has 0 aromatic heterocycles. The van der Waals surface area contributed by atoms with E-state index in [0.717, 1.165) is 0 Å². The lowest BCUT2D eigenvalue weighted by molar-refractivity contribution is -0.138. The number of hydrogen-bond donors (Lipinski definition) is 0. The molecule has 0 heterocycles. The number of carbonyl (C=O) groups excluding carboxylic acids is 2. The summed E-state index contributed by atoms with van der Waals surface area (Å²) in [6.45, 7) is 8.59. The Hall–Kier alpha value is -1.97. The van der Waals surface area contributed by atoms with Crippen molar-refractivity contribution < 1.29 is 18.7 Å². The smallest absolute Gasteiger partial charge is 0.341 e. The van der Waals surface area contributed by atoms with Gasteiger partial charge >= 0.3 is 5.97 Å². The molecule has 4 heteroatoms. The summed E-state index contributed by atoms with van der Waals surface area (Å²) in [6.07, 6.45) is 1.40. The number of halogens is 1. The van der Waals surface area contributed by atoms with Crippen LogP contribution in [0.25, 0.3) is 0 Å². The average Bonchev–Trinajstić information content (AvgIpc) is 2.41. The molecule has 0 radical (unpaired) electrons. The summed E-state index contributed by atoms with van der Waals surface area (Å²) in [6, 6.07) is 1.18. The number of Topliss-reactive ketones (excluding diaryl/α,β-unsaturated/α-hetero) is 1. The van der Waals surface area contributed by atoms with Crippen LogP contribution in [-0.4, -0.2) is 18.4 Å². The molecule has 108 valence electrons. The SMILES string of the molecule is C/C=C(/C(=O)OCC)C(=O)c1cc(F)c(C)c(C)c1C. The van der Waals surface area contributed by atoms with Crippen molar-refractivity contribution in [2.75, 3.05) is 6.61 Å². The molecule has 0 N–H and O–H groups in total. The molecule has 0 amide bonds. The van der Waals surface area contributed by atoms with Crippen molar-refractivity contribution in [1.29, 1.82) is 0 Å². The molecule has 0 bridgehead atoms. The Kier molecular flexibility index (Phi) is 5.19. The van der Waals surface area contributed by atoms with Gasteiger partial charge in [-0.1, -0.05) is 6.08 Å². The molecule has 0 aliphatic heterocycles. The Morgan fingerprint density at radius 2 is 1.80 bits per heavy atom. The summed E-state index contributed by atoms with van der Waals surface area (Å²) in [4.78, 5) is 24.1. The summed E-state index contributed by atoms with van der Waals surface area (Å²) in [7, 11) is 0. The molecule has 0 fully saturated rings. The molecule has 0 saturated heterocycles. The van der Waals surface area contributed by atoms with Crippen LogP contribution in [0.1, 0.15) is 40.9 Å². The summed E-state index contributed by atoms with van der Waals surface area (Å²) in [5, 5.41) is 0. The zero-order valence-electron chi connectivity index (χ0n) is 12.5. The van der Waals surface area contributed by atoms with E-state index in [9.17, 15) is 14.0 Å². The highest BCUT2D eigenvalue weighted by Crippen LogP contribution is 2.23. The standard InChI is InChI=1S/C16H19FO3/c1-6-12(16(19)20-7-2)15(18)13-8-14(17)11(5)9(3)10(13)4/h6,8H,7H2,1-5H3/b12-6+. The molecule has 0 aliphatic carbocycles. The lowest BCUT2D eigenvalue weighted by Gasteiger charge is -2.12. The Bertz CT molecular complexity index is 586. The molecule has 0 atom stereocenters. The molecule has 20 heavy (non-hydrogen) atoms. The second-order valence-corrected chi connectivity index (χ2v) is 4.53. The van der Waals surface area contributed by atoms with Gasteiger partial charge in [0.2, 0.25) is 0 Å². The average molecular weight is 278 g/mol. The minimum absolute atomic E-state index is 0.0717. The van der Waals surface area contributed by atoms with Crippen LogP contribution in [-0.2, 0) is 9.53 Å². The first-order valence-corrected chi connectivity index (χ1v) is 6.49. The maximum Gasteiger partial charge on any atom is 0.341 e. The van der Waals surface area contributed by atoms with Crippen LogP contribution < -0.4 is 0 Å². The van der Waals surface area contributed by atoms with Crippen LogP contribution >= 0.6 is 0 Å². The lowest BCUT2D eigenvalue weighted by atomic mass is 9.93. The molecular weight excluding hydrogens is 259 g/mol. The van der Waals surface area contributed by atoms with Gasteiger partial charge in [-0.2, -0.15) is 0 Å². The molecule has 1 aromatic carbocycles. The van der Waals surface area contributed by atoms with E-state index in [1.54, 1.807) is 34.6 Å². The summed E-state index contributed by atoms with van der Waals surface area (Å²) in [5.74, 6) is -1.64. The normalized spacial score (nSPS) is 11.4. The molecule has 1 aromatic rings. The highest BCUT2D eigenvalue weighted by atomic mass is 19.1. The monoisotopic (exact) mass is 278 g/mol. The number of esters is 1. The van der Waals surface area contributed by atoms with Crippen molar-refractivity contribution >= 4 is 11.8 Å². The van der Waals surface area contributed by atoms with E-state index in [1.165, 1.54) is 12.1 Å². The van der Waals surface area contributed by atoms with Gasteiger partial charge in [-0.05, 0) is 57.4 Å². The first-order valence-electron chi connectivity index (χ1n) is 6.49. The number of ether oxygens (including phenoxy) is 1. The Labute approximate surface area is 118 Å². The predicted molar refractivity (Wildman–Crippen MR) is 75.3 cm³/mol. The highest BCUT2D eigenvalue weighted by molar-refractivity contribution is 6.24. The van der Waals surface area contributed by atoms with E-state index in [0.29, 0.717) is 16.7 Å². The first kappa shape index (κ1) is 16.1. The van der Waals surface area contributed by atoms with Crippen LogP contribution in [0, 0.1) is 26.6 Å². The minimum Gasteiger partial charge on any atom is -0.462 e. The Morgan fingerprint density at radius 3 is 2.30 bits per heavy atom. The zero-order valence-corrected chi connectivity index (χ0v) is 12.5. The van der Waals surface area contributed by atoms with Crippen molar-refractivity contribution in [1.82, 2.24) is 0 Å². The number of hydrogen-bond acceptors (Lipinski definition) is 3. The summed E-state index contributed by atoms with van der Waals surface area (Å²) in [5.41, 5.74) is 2.03. The van der Waals surface area contributed by atoms with Gasteiger partial charge in [0.05, 0.1) is 6.61 Å². The second kappa shape index (κ2) is 6.46. The number of ketones is 1. The molecule has 0 aliphatic rings. The number of carbonyl (C=O) groups is 2. The van der Waals surface area contributed by atoms with Crippen LogP contribution in [0.15, 0.2) is 17.7 Å². The predicted octanol–water partition coefficient (Wildman–Crippen LogP) is 3.44. The quantitative estimate of drug-likeness (QED) is 0.278. The highest BCUT2D eigenvalue weighted by Gasteiger charge is 2.23. The van der Waals surface area contributed by atoms with Gasteiger partial charge in [0.1, 0.15) is 11.4 Å². The van der Waals surface area contributed by atoms with E-state index in [1.807, 2.05) is 0 Å². The molecule has 3 nitrogen and oxygen atoms in total. The van der Waals surface area contributed by atoms with Gasteiger partial charge in [-0.3, -0.25) is 4.79 Å². The van der Waals surface area contributed by atoms with Crippen molar-refractivity contribution in [3.8, 4) is 0 Å². The number of allylic oxidation sites excluding steroid dienone is 1. The van der Waals surface area contributed by atoms with Gasteiger partial charge in [0.25, 0.3) is 0 Å². The topological polar surface area (TPSA) is 43.4 Å². The number of benzene rings is 1. The third kappa shape index (κ3) is 2.95. The van der Waals surface area contributed by atoms with E-state index in [2.05, 4.69) is 0 Å². The fourth-order valence-electron chi connectivity index (χ4n) is 1.94. The van der Waals surface area contributed by atoms with E-state index in [4.69, 9.17) is 4.74 Å². The van der Waals surface area contributed by atoms with Crippen LogP contribution in [0.4, 0.5) is 4.39 Å². The van der Waals surface area contributed by atoms with Gasteiger partial charge < -0.3 is 4.74 Å². The molecule has 0 saturated carbocycles. The van der Waals surface area contributed by atoms with Crippen LogP contribution in [0.2, 0.25) is 0 Å². The first-order chi connectivity index (χ1) is 9.34. The third-order valence-electron chi connectivity index (χ3n) is 3.43. The van der Waals surface area contributed by atoms with Crippen LogP contribution in [0.5, 0.6) is 0 Å². The largest absolute Gasteiger partial charge is 0.462 e.